The summed E-state index contributed by atoms with van der Waals surface area (Å²) < 4.78 is 32.8. The van der Waals surface area contributed by atoms with E-state index in [0.717, 1.165) is 9.87 Å². The summed E-state index contributed by atoms with van der Waals surface area (Å²) in [5, 5.41) is 0.537. The molecule has 0 atom stereocenters. The van der Waals surface area contributed by atoms with Crippen LogP contribution < -0.4 is 13.9 Å². The molecule has 0 spiro atoms. The van der Waals surface area contributed by atoms with Crippen LogP contribution in [0.15, 0.2) is 77.7 Å². The Morgan fingerprint density at radius 3 is 2.34 bits per heavy atom. The quantitative estimate of drug-likeness (QED) is 0.605. The van der Waals surface area contributed by atoms with Crippen molar-refractivity contribution in [3.63, 3.8) is 0 Å². The molecule has 0 unspecified atom stereocenters. The molecule has 6 nitrogen and oxygen atoms in total. The van der Waals surface area contributed by atoms with E-state index in [0.29, 0.717) is 10.7 Å². The van der Waals surface area contributed by atoms with Crippen LogP contribution >= 0.6 is 11.6 Å². The fraction of sp³-hybridized carbons (Fsp3) is 0.0952. The first-order valence-electron chi connectivity index (χ1n) is 8.77. The lowest BCUT2D eigenvalue weighted by Crippen LogP contribution is -2.50. The minimum atomic E-state index is -4.11. The first-order valence-corrected chi connectivity index (χ1v) is 10.6. The van der Waals surface area contributed by atoms with E-state index in [9.17, 15) is 13.2 Å². The Morgan fingerprint density at radius 1 is 0.931 bits per heavy atom. The van der Waals surface area contributed by atoms with Crippen LogP contribution in [0.4, 0.5) is 16.2 Å². The molecule has 1 aliphatic heterocycles. The van der Waals surface area contributed by atoms with Crippen molar-refractivity contribution >= 4 is 39.0 Å². The Hall–Kier alpha value is -3.03. The largest absolute Gasteiger partial charge is 0.495 e. The summed E-state index contributed by atoms with van der Waals surface area (Å²) in [5.74, 6) is 0.284. The Morgan fingerprint density at radius 2 is 1.62 bits per heavy atom. The van der Waals surface area contributed by atoms with E-state index in [4.69, 9.17) is 16.3 Å². The second kappa shape index (κ2) is 7.42. The number of nitrogens with zero attached hydrogens (tertiary/aromatic N) is 2. The molecule has 0 N–H and O–H groups in total. The number of urea groups is 1. The molecule has 1 heterocycles. The number of ether oxygens (including phenoxy) is 1. The van der Waals surface area contributed by atoms with Crippen LogP contribution in [0.2, 0.25) is 5.02 Å². The van der Waals surface area contributed by atoms with Crippen molar-refractivity contribution in [1.29, 1.82) is 0 Å². The summed E-state index contributed by atoms with van der Waals surface area (Å²) in [4.78, 5) is 14.9. The van der Waals surface area contributed by atoms with Crippen molar-refractivity contribution in [1.82, 2.24) is 0 Å². The van der Waals surface area contributed by atoms with Crippen LogP contribution in [0.25, 0.3) is 0 Å². The standard InChI is InChI=1S/C21H17ClN2O4S/c1-28-19-11-4-2-9-17(19)24-21(25)23(14-15-7-6-8-16(22)13-15)18-10-3-5-12-20(18)29(24,26)27/h2-13H,14H2,1H3. The van der Waals surface area contributed by atoms with Gasteiger partial charge in [0, 0.05) is 5.02 Å². The number of fused-ring (bicyclic) bond motifs is 1. The highest BCUT2D eigenvalue weighted by atomic mass is 35.5. The summed E-state index contributed by atoms with van der Waals surface area (Å²) in [6, 6.07) is 19.4. The van der Waals surface area contributed by atoms with Gasteiger partial charge in [-0.1, -0.05) is 48.0 Å². The van der Waals surface area contributed by atoms with Crippen LogP contribution in [0, 0.1) is 0 Å². The summed E-state index contributed by atoms with van der Waals surface area (Å²) in [6.45, 7) is 0.164. The molecule has 0 radical (unpaired) electrons. The third kappa shape index (κ3) is 3.32. The van der Waals surface area contributed by atoms with Crippen LogP contribution in [0.3, 0.4) is 0 Å². The predicted molar refractivity (Wildman–Crippen MR) is 112 cm³/mol. The zero-order valence-electron chi connectivity index (χ0n) is 15.4. The molecular weight excluding hydrogens is 412 g/mol. The second-order valence-electron chi connectivity index (χ2n) is 6.41. The highest BCUT2D eigenvalue weighted by molar-refractivity contribution is 7.94. The van der Waals surface area contributed by atoms with Gasteiger partial charge >= 0.3 is 6.03 Å². The van der Waals surface area contributed by atoms with Gasteiger partial charge in [0.15, 0.2) is 0 Å². The van der Waals surface area contributed by atoms with Gasteiger partial charge in [0.2, 0.25) is 0 Å². The molecule has 3 aromatic carbocycles. The molecule has 148 valence electrons. The van der Waals surface area contributed by atoms with Crippen LogP contribution in [-0.4, -0.2) is 21.6 Å². The lowest BCUT2D eigenvalue weighted by Gasteiger charge is -2.36. The molecule has 0 fully saturated rings. The summed E-state index contributed by atoms with van der Waals surface area (Å²) in [6.07, 6.45) is 0. The Bertz CT molecular complexity index is 1200. The number of carbonyl (C=O) groups is 1. The fourth-order valence-corrected chi connectivity index (χ4v) is 5.13. The molecule has 0 bridgehead atoms. The number of benzene rings is 3. The Balaban J connectivity index is 1.89. The van der Waals surface area contributed by atoms with Crippen molar-refractivity contribution in [2.45, 2.75) is 11.4 Å². The maximum atomic E-state index is 13.4. The molecule has 4 rings (SSSR count). The van der Waals surface area contributed by atoms with Crippen molar-refractivity contribution in [2.24, 2.45) is 0 Å². The van der Waals surface area contributed by atoms with E-state index in [-0.39, 0.29) is 22.9 Å². The average molecular weight is 429 g/mol. The maximum absolute atomic E-state index is 13.4. The van der Waals surface area contributed by atoms with Crippen molar-refractivity contribution in [3.05, 3.63) is 83.4 Å². The molecular formula is C21H17ClN2O4S. The van der Waals surface area contributed by atoms with Crippen LogP contribution in [0.1, 0.15) is 5.56 Å². The Kier molecular flexibility index (Phi) is 4.94. The third-order valence-corrected chi connectivity index (χ3v) is 6.58. The molecule has 0 aromatic heterocycles. The molecule has 8 heteroatoms. The number of para-hydroxylation sites is 3. The van der Waals surface area contributed by atoms with Gasteiger partial charge in [0.25, 0.3) is 10.0 Å². The van der Waals surface area contributed by atoms with Gasteiger partial charge in [-0.25, -0.2) is 13.2 Å². The number of hydrogen-bond acceptors (Lipinski definition) is 4. The van der Waals surface area contributed by atoms with E-state index in [1.165, 1.54) is 18.1 Å². The lowest BCUT2D eigenvalue weighted by atomic mass is 10.2. The van der Waals surface area contributed by atoms with E-state index in [1.807, 2.05) is 6.07 Å². The van der Waals surface area contributed by atoms with Gasteiger partial charge in [-0.15, -0.1) is 0 Å². The minimum absolute atomic E-state index is 0.0486. The van der Waals surface area contributed by atoms with Gasteiger partial charge in [-0.3, -0.25) is 4.90 Å². The fourth-order valence-electron chi connectivity index (χ4n) is 3.31. The molecule has 0 saturated carbocycles. The Labute approximate surface area is 173 Å². The molecule has 0 aliphatic carbocycles. The average Bonchev–Trinajstić information content (AvgIpc) is 2.71. The summed E-state index contributed by atoms with van der Waals surface area (Å²) in [5.41, 5.74) is 1.26. The number of anilines is 2. The van der Waals surface area contributed by atoms with E-state index < -0.39 is 16.1 Å². The number of amides is 2. The third-order valence-electron chi connectivity index (χ3n) is 4.61. The van der Waals surface area contributed by atoms with Gasteiger partial charge in [0.05, 0.1) is 19.3 Å². The van der Waals surface area contributed by atoms with E-state index >= 15 is 0 Å². The maximum Gasteiger partial charge on any atom is 0.343 e. The number of sulfonamides is 1. The molecule has 3 aromatic rings. The molecule has 1 aliphatic rings. The number of rotatable bonds is 4. The van der Waals surface area contributed by atoms with Crippen LogP contribution in [-0.2, 0) is 16.6 Å². The second-order valence-corrected chi connectivity index (χ2v) is 8.60. The monoisotopic (exact) mass is 428 g/mol. The summed E-state index contributed by atoms with van der Waals surface area (Å²) in [7, 11) is -2.69. The minimum Gasteiger partial charge on any atom is -0.495 e. The number of methoxy groups -OCH3 is 1. The molecule has 29 heavy (non-hydrogen) atoms. The van der Waals surface area contributed by atoms with Gasteiger partial charge < -0.3 is 4.74 Å². The van der Waals surface area contributed by atoms with Crippen molar-refractivity contribution in [2.75, 3.05) is 16.3 Å². The van der Waals surface area contributed by atoms with Crippen molar-refractivity contribution < 1.29 is 17.9 Å². The zero-order chi connectivity index (χ0) is 20.6. The zero-order valence-corrected chi connectivity index (χ0v) is 17.0. The van der Waals surface area contributed by atoms with E-state index in [1.54, 1.807) is 60.7 Å². The first kappa shape index (κ1) is 19.3. The van der Waals surface area contributed by atoms with Gasteiger partial charge in [-0.05, 0) is 42.0 Å². The number of halogens is 1. The van der Waals surface area contributed by atoms with Gasteiger partial charge in [0.1, 0.15) is 16.3 Å². The van der Waals surface area contributed by atoms with Crippen LogP contribution in [0.5, 0.6) is 5.75 Å². The number of hydrogen-bond donors (Lipinski definition) is 0. The van der Waals surface area contributed by atoms with Crippen molar-refractivity contribution in [3.8, 4) is 5.75 Å². The van der Waals surface area contributed by atoms with Gasteiger partial charge in [-0.2, -0.15) is 4.31 Å². The number of carbonyl (C=O) groups excluding carboxylic acids is 1. The summed E-state index contributed by atoms with van der Waals surface area (Å²) >= 11 is 6.08. The highest BCUT2D eigenvalue weighted by Crippen LogP contribution is 2.40. The first-order chi connectivity index (χ1) is 13.9. The smallest absolute Gasteiger partial charge is 0.343 e. The highest BCUT2D eigenvalue weighted by Gasteiger charge is 2.43. The lowest BCUT2D eigenvalue weighted by molar-refractivity contribution is 0.253. The van der Waals surface area contributed by atoms with E-state index in [2.05, 4.69) is 0 Å². The SMILES string of the molecule is COc1ccccc1N1C(=O)N(Cc2cccc(Cl)c2)c2ccccc2S1(=O)=O. The normalized spacial score (nSPS) is 15.2. The predicted octanol–water partition coefficient (Wildman–Crippen LogP) is 4.68. The molecule has 0 saturated heterocycles. The topological polar surface area (TPSA) is 66.9 Å². The molecule has 2 amide bonds.